The van der Waals surface area contributed by atoms with Crippen molar-refractivity contribution in [2.24, 2.45) is 5.73 Å². The molecule has 0 spiro atoms. The van der Waals surface area contributed by atoms with Gasteiger partial charge >= 0.3 is 5.97 Å². The standard InChI is InChI=1S/C21H23Cl2N3O3.ClH/c1-12(27)26(15-5-3-13(4-6-15)7-8-24)19-11-18(21(28)29-2)25-17-10-14(22)9-16(23)20(17)19;/h3-6,9-10,18-19,25H,7-8,11,24H2,1-2H3;1H/t18-,19+;/m0./s1. The van der Waals surface area contributed by atoms with Gasteiger partial charge in [0.05, 0.1) is 13.2 Å². The lowest BCUT2D eigenvalue weighted by molar-refractivity contribution is -0.142. The summed E-state index contributed by atoms with van der Waals surface area (Å²) in [6.45, 7) is 2.04. The maximum atomic E-state index is 12.7. The number of hydrogen-bond donors (Lipinski definition) is 2. The van der Waals surface area contributed by atoms with Crippen molar-refractivity contribution in [2.75, 3.05) is 23.9 Å². The van der Waals surface area contributed by atoms with Gasteiger partial charge < -0.3 is 20.7 Å². The molecule has 0 aromatic heterocycles. The van der Waals surface area contributed by atoms with E-state index in [4.69, 9.17) is 33.7 Å². The molecule has 0 fully saturated rings. The number of halogens is 3. The van der Waals surface area contributed by atoms with Crippen LogP contribution < -0.4 is 16.0 Å². The Bertz CT molecular complexity index is 922. The zero-order valence-corrected chi connectivity index (χ0v) is 19.0. The van der Waals surface area contributed by atoms with Gasteiger partial charge in [-0.05, 0) is 42.8 Å². The first-order valence-corrected chi connectivity index (χ1v) is 10.0. The first-order valence-electron chi connectivity index (χ1n) is 9.27. The second kappa shape index (κ2) is 10.4. The fourth-order valence-corrected chi connectivity index (χ4v) is 4.35. The molecule has 3 rings (SSSR count). The van der Waals surface area contributed by atoms with Crippen LogP contribution in [0, 0.1) is 0 Å². The van der Waals surface area contributed by atoms with Crippen LogP contribution in [0.1, 0.15) is 30.5 Å². The summed E-state index contributed by atoms with van der Waals surface area (Å²) >= 11 is 12.7. The second-order valence-corrected chi connectivity index (χ2v) is 7.76. The average Bonchev–Trinajstić information content (AvgIpc) is 2.68. The van der Waals surface area contributed by atoms with Crippen molar-refractivity contribution in [2.45, 2.75) is 31.8 Å². The van der Waals surface area contributed by atoms with Gasteiger partial charge in [0.15, 0.2) is 0 Å². The van der Waals surface area contributed by atoms with E-state index in [0.717, 1.165) is 17.5 Å². The van der Waals surface area contributed by atoms with Gasteiger partial charge in [-0.2, -0.15) is 0 Å². The largest absolute Gasteiger partial charge is 0.467 e. The number of hydrogen-bond acceptors (Lipinski definition) is 5. The second-order valence-electron chi connectivity index (χ2n) is 6.91. The summed E-state index contributed by atoms with van der Waals surface area (Å²) in [4.78, 5) is 26.6. The zero-order chi connectivity index (χ0) is 21.1. The van der Waals surface area contributed by atoms with E-state index in [1.165, 1.54) is 14.0 Å². The summed E-state index contributed by atoms with van der Waals surface area (Å²) < 4.78 is 4.92. The van der Waals surface area contributed by atoms with Crippen LogP contribution in [0.25, 0.3) is 0 Å². The topological polar surface area (TPSA) is 84.7 Å². The molecule has 0 bridgehead atoms. The van der Waals surface area contributed by atoms with Crippen molar-refractivity contribution < 1.29 is 14.3 Å². The van der Waals surface area contributed by atoms with E-state index >= 15 is 0 Å². The smallest absolute Gasteiger partial charge is 0.328 e. The molecule has 0 saturated carbocycles. The Morgan fingerprint density at radius 2 is 1.90 bits per heavy atom. The molecule has 3 N–H and O–H groups in total. The minimum Gasteiger partial charge on any atom is -0.467 e. The van der Waals surface area contributed by atoms with Crippen LogP contribution in [0.2, 0.25) is 10.0 Å². The Kier molecular flexibility index (Phi) is 8.38. The molecule has 162 valence electrons. The van der Waals surface area contributed by atoms with Crippen molar-refractivity contribution in [3.8, 4) is 0 Å². The average molecular weight is 473 g/mol. The predicted octanol–water partition coefficient (Wildman–Crippen LogP) is 4.37. The first kappa shape index (κ1) is 24.3. The summed E-state index contributed by atoms with van der Waals surface area (Å²) in [7, 11) is 1.33. The van der Waals surface area contributed by atoms with Crippen LogP contribution in [-0.4, -0.2) is 31.6 Å². The van der Waals surface area contributed by atoms with Crippen LogP contribution in [-0.2, 0) is 20.7 Å². The number of amides is 1. The monoisotopic (exact) mass is 471 g/mol. The van der Waals surface area contributed by atoms with Gasteiger partial charge in [0.1, 0.15) is 6.04 Å². The molecular weight excluding hydrogens is 449 g/mol. The Morgan fingerprint density at radius 3 is 2.47 bits per heavy atom. The highest BCUT2D eigenvalue weighted by molar-refractivity contribution is 6.35. The highest BCUT2D eigenvalue weighted by Crippen LogP contribution is 2.44. The Hall–Kier alpha value is -1.99. The van der Waals surface area contributed by atoms with Crippen LogP contribution >= 0.6 is 35.6 Å². The van der Waals surface area contributed by atoms with Crippen molar-refractivity contribution in [1.82, 2.24) is 0 Å². The maximum Gasteiger partial charge on any atom is 0.328 e. The fraction of sp³-hybridized carbons (Fsp3) is 0.333. The van der Waals surface area contributed by atoms with Gasteiger partial charge in [-0.1, -0.05) is 35.3 Å². The van der Waals surface area contributed by atoms with Crippen LogP contribution in [0.15, 0.2) is 36.4 Å². The van der Waals surface area contributed by atoms with Crippen LogP contribution in [0.4, 0.5) is 11.4 Å². The van der Waals surface area contributed by atoms with Crippen LogP contribution in [0.5, 0.6) is 0 Å². The molecule has 2 aromatic carbocycles. The van der Waals surface area contributed by atoms with E-state index in [-0.39, 0.29) is 18.3 Å². The van der Waals surface area contributed by atoms with E-state index in [0.29, 0.717) is 34.4 Å². The summed E-state index contributed by atoms with van der Waals surface area (Å²) in [5.74, 6) is -0.581. The van der Waals surface area contributed by atoms with E-state index < -0.39 is 18.1 Å². The zero-order valence-electron chi connectivity index (χ0n) is 16.7. The van der Waals surface area contributed by atoms with Gasteiger partial charge in [-0.25, -0.2) is 4.79 Å². The van der Waals surface area contributed by atoms with Crippen molar-refractivity contribution in [1.29, 1.82) is 0 Å². The third kappa shape index (κ3) is 5.01. The number of benzene rings is 2. The Morgan fingerprint density at radius 1 is 1.23 bits per heavy atom. The van der Waals surface area contributed by atoms with Crippen LogP contribution in [0.3, 0.4) is 0 Å². The minimum atomic E-state index is -0.634. The minimum absolute atomic E-state index is 0. The number of rotatable bonds is 5. The number of ether oxygens (including phenoxy) is 1. The van der Waals surface area contributed by atoms with E-state index in [9.17, 15) is 9.59 Å². The molecule has 2 aromatic rings. The normalized spacial score (nSPS) is 17.2. The van der Waals surface area contributed by atoms with Crippen molar-refractivity contribution >= 4 is 58.9 Å². The molecule has 1 aliphatic rings. The summed E-state index contributed by atoms with van der Waals surface area (Å²) in [6.07, 6.45) is 1.07. The quantitative estimate of drug-likeness (QED) is 0.631. The lowest BCUT2D eigenvalue weighted by Gasteiger charge is -2.39. The molecule has 0 radical (unpaired) electrons. The number of esters is 1. The summed E-state index contributed by atoms with van der Waals surface area (Å²) in [5, 5.41) is 4.00. The van der Waals surface area contributed by atoms with Gasteiger partial charge in [0.2, 0.25) is 5.91 Å². The predicted molar refractivity (Wildman–Crippen MR) is 123 cm³/mol. The summed E-state index contributed by atoms with van der Waals surface area (Å²) in [6, 6.07) is 9.90. The number of methoxy groups -OCH3 is 1. The molecule has 0 unspecified atom stereocenters. The third-order valence-corrected chi connectivity index (χ3v) is 5.53. The molecule has 9 heteroatoms. The molecule has 0 saturated heterocycles. The number of fused-ring (bicyclic) bond motifs is 1. The first-order chi connectivity index (χ1) is 13.8. The van der Waals surface area contributed by atoms with E-state index in [1.807, 2.05) is 24.3 Å². The fourth-order valence-electron chi connectivity index (χ4n) is 3.73. The van der Waals surface area contributed by atoms with E-state index in [1.54, 1.807) is 17.0 Å². The lowest BCUT2D eigenvalue weighted by atomic mass is 9.90. The lowest BCUT2D eigenvalue weighted by Crippen LogP contribution is -2.43. The molecule has 1 heterocycles. The maximum absolute atomic E-state index is 12.7. The number of carbonyl (C=O) groups is 2. The molecular formula is C21H24Cl3N3O3. The highest BCUT2D eigenvalue weighted by atomic mass is 35.5. The van der Waals surface area contributed by atoms with Gasteiger partial charge in [0, 0.05) is 40.3 Å². The third-order valence-electron chi connectivity index (χ3n) is 5.00. The number of nitrogens with two attached hydrogens (primary N) is 1. The van der Waals surface area contributed by atoms with Gasteiger partial charge in [-0.15, -0.1) is 12.4 Å². The molecule has 0 aliphatic carbocycles. The van der Waals surface area contributed by atoms with Gasteiger partial charge in [-0.3, -0.25) is 4.79 Å². The van der Waals surface area contributed by atoms with Crippen molar-refractivity contribution in [3.05, 3.63) is 57.6 Å². The van der Waals surface area contributed by atoms with Crippen molar-refractivity contribution in [3.63, 3.8) is 0 Å². The van der Waals surface area contributed by atoms with Gasteiger partial charge in [0.25, 0.3) is 0 Å². The molecule has 1 amide bonds. The highest BCUT2D eigenvalue weighted by Gasteiger charge is 2.38. The number of anilines is 2. The Labute approximate surface area is 192 Å². The van der Waals surface area contributed by atoms with E-state index in [2.05, 4.69) is 5.32 Å². The molecule has 30 heavy (non-hydrogen) atoms. The summed E-state index contributed by atoms with van der Waals surface area (Å²) in [5.41, 5.74) is 8.75. The SMILES string of the molecule is COC(=O)[C@@H]1C[C@@H](N(C(C)=O)c2ccc(CCN)cc2)c2c(Cl)cc(Cl)cc2N1.Cl. The number of nitrogens with zero attached hydrogens (tertiary/aromatic N) is 1. The molecule has 1 aliphatic heterocycles. The molecule has 6 nitrogen and oxygen atoms in total. The number of nitrogens with one attached hydrogen (secondary N) is 1. The Balaban J connectivity index is 0.00000320. The number of carbonyl (C=O) groups excluding carboxylic acids is 2. The molecule has 2 atom stereocenters.